The molecule has 0 aromatic rings. The van der Waals surface area contributed by atoms with Crippen molar-refractivity contribution in [2.75, 3.05) is 26.2 Å². The lowest BCUT2D eigenvalue weighted by molar-refractivity contribution is 0.168. The van der Waals surface area contributed by atoms with Gasteiger partial charge in [0.1, 0.15) is 0 Å². The molecule has 0 spiro atoms. The third-order valence-electron chi connectivity index (χ3n) is 4.62. The lowest BCUT2D eigenvalue weighted by Gasteiger charge is -2.31. The zero-order valence-corrected chi connectivity index (χ0v) is 14.5. The smallest absolute Gasteiger partial charge is 0.0125 e. The SMILES string of the molecule is CCCCCCCCCNCC1CCN(C(C)(C)C)C1. The molecule has 0 aromatic heterocycles. The van der Waals surface area contributed by atoms with E-state index in [9.17, 15) is 0 Å². The van der Waals surface area contributed by atoms with Gasteiger partial charge in [0.2, 0.25) is 0 Å². The molecule has 1 N–H and O–H groups in total. The molecule has 1 heterocycles. The zero-order chi connectivity index (χ0) is 14.8. The fraction of sp³-hybridized carbons (Fsp3) is 1.00. The zero-order valence-electron chi connectivity index (χ0n) is 14.5. The minimum atomic E-state index is 0.354. The van der Waals surface area contributed by atoms with Crippen molar-refractivity contribution in [3.05, 3.63) is 0 Å². The molecule has 0 radical (unpaired) electrons. The summed E-state index contributed by atoms with van der Waals surface area (Å²) >= 11 is 0. The highest BCUT2D eigenvalue weighted by atomic mass is 15.2. The molecule has 1 atom stereocenters. The van der Waals surface area contributed by atoms with Crippen LogP contribution in [-0.2, 0) is 0 Å². The summed E-state index contributed by atoms with van der Waals surface area (Å²) in [5.41, 5.74) is 0.354. The number of rotatable bonds is 10. The van der Waals surface area contributed by atoms with E-state index in [1.165, 1.54) is 77.5 Å². The second kappa shape index (κ2) is 9.78. The molecule has 0 aliphatic carbocycles. The maximum Gasteiger partial charge on any atom is 0.0125 e. The van der Waals surface area contributed by atoms with E-state index in [2.05, 4.69) is 37.9 Å². The van der Waals surface area contributed by atoms with Crippen molar-refractivity contribution in [1.29, 1.82) is 0 Å². The Morgan fingerprint density at radius 2 is 1.65 bits per heavy atom. The van der Waals surface area contributed by atoms with Gasteiger partial charge in [-0.15, -0.1) is 0 Å². The molecule has 1 unspecified atom stereocenters. The summed E-state index contributed by atoms with van der Waals surface area (Å²) in [5, 5.41) is 3.67. The first-order valence-corrected chi connectivity index (χ1v) is 9.00. The summed E-state index contributed by atoms with van der Waals surface area (Å²) in [7, 11) is 0. The van der Waals surface area contributed by atoms with Crippen LogP contribution in [0.4, 0.5) is 0 Å². The van der Waals surface area contributed by atoms with E-state index in [0.717, 1.165) is 5.92 Å². The summed E-state index contributed by atoms with van der Waals surface area (Å²) in [6.45, 7) is 14.3. The summed E-state index contributed by atoms with van der Waals surface area (Å²) < 4.78 is 0. The molecule has 2 nitrogen and oxygen atoms in total. The van der Waals surface area contributed by atoms with Gasteiger partial charge in [0.25, 0.3) is 0 Å². The summed E-state index contributed by atoms with van der Waals surface area (Å²) in [6.07, 6.45) is 11.2. The lowest BCUT2D eigenvalue weighted by atomic mass is 10.1. The molecule has 2 heteroatoms. The van der Waals surface area contributed by atoms with Crippen LogP contribution in [0.5, 0.6) is 0 Å². The second-order valence-electron chi connectivity index (χ2n) is 7.60. The van der Waals surface area contributed by atoms with Crippen LogP contribution in [-0.4, -0.2) is 36.6 Å². The van der Waals surface area contributed by atoms with Gasteiger partial charge in [0.05, 0.1) is 0 Å². The normalized spacial score (nSPS) is 20.7. The third kappa shape index (κ3) is 7.64. The Labute approximate surface area is 127 Å². The summed E-state index contributed by atoms with van der Waals surface area (Å²) in [4.78, 5) is 2.63. The summed E-state index contributed by atoms with van der Waals surface area (Å²) in [6, 6.07) is 0. The predicted octanol–water partition coefficient (Wildman–Crippen LogP) is 4.45. The first-order valence-electron chi connectivity index (χ1n) is 9.00. The molecule has 0 saturated carbocycles. The highest BCUT2D eigenvalue weighted by molar-refractivity contribution is 4.85. The van der Waals surface area contributed by atoms with Crippen LogP contribution in [0.3, 0.4) is 0 Å². The molecular weight excluding hydrogens is 244 g/mol. The van der Waals surface area contributed by atoms with E-state index in [4.69, 9.17) is 0 Å². The fourth-order valence-electron chi connectivity index (χ4n) is 3.12. The van der Waals surface area contributed by atoms with E-state index in [-0.39, 0.29) is 0 Å². The van der Waals surface area contributed by atoms with Crippen LogP contribution in [0.15, 0.2) is 0 Å². The second-order valence-corrected chi connectivity index (χ2v) is 7.60. The Bertz CT molecular complexity index is 232. The Kier molecular flexibility index (Phi) is 8.79. The average molecular weight is 283 g/mol. The van der Waals surface area contributed by atoms with Crippen LogP contribution >= 0.6 is 0 Å². The highest BCUT2D eigenvalue weighted by Gasteiger charge is 2.29. The van der Waals surface area contributed by atoms with E-state index in [1.54, 1.807) is 0 Å². The number of hydrogen-bond donors (Lipinski definition) is 1. The van der Waals surface area contributed by atoms with E-state index >= 15 is 0 Å². The van der Waals surface area contributed by atoms with Crippen molar-refractivity contribution in [1.82, 2.24) is 10.2 Å². The van der Waals surface area contributed by atoms with E-state index in [1.807, 2.05) is 0 Å². The fourth-order valence-corrected chi connectivity index (χ4v) is 3.12. The van der Waals surface area contributed by atoms with Gasteiger partial charge < -0.3 is 5.32 Å². The molecule has 20 heavy (non-hydrogen) atoms. The third-order valence-corrected chi connectivity index (χ3v) is 4.62. The van der Waals surface area contributed by atoms with Gasteiger partial charge in [-0.25, -0.2) is 0 Å². The lowest BCUT2D eigenvalue weighted by Crippen LogP contribution is -2.40. The predicted molar refractivity (Wildman–Crippen MR) is 90.3 cm³/mol. The Morgan fingerprint density at radius 3 is 2.25 bits per heavy atom. The van der Waals surface area contributed by atoms with Crippen molar-refractivity contribution in [2.45, 2.75) is 84.6 Å². The highest BCUT2D eigenvalue weighted by Crippen LogP contribution is 2.23. The molecule has 1 rings (SSSR count). The van der Waals surface area contributed by atoms with Crippen LogP contribution in [0.2, 0.25) is 0 Å². The van der Waals surface area contributed by atoms with Gasteiger partial charge in [0.15, 0.2) is 0 Å². The topological polar surface area (TPSA) is 15.3 Å². The molecule has 1 aliphatic rings. The molecule has 1 saturated heterocycles. The van der Waals surface area contributed by atoms with Crippen molar-refractivity contribution in [3.63, 3.8) is 0 Å². The molecule has 0 aromatic carbocycles. The van der Waals surface area contributed by atoms with Crippen molar-refractivity contribution in [2.24, 2.45) is 5.92 Å². The van der Waals surface area contributed by atoms with Crippen LogP contribution < -0.4 is 5.32 Å². The Hall–Kier alpha value is -0.0800. The van der Waals surface area contributed by atoms with Crippen LogP contribution in [0.25, 0.3) is 0 Å². The van der Waals surface area contributed by atoms with Crippen molar-refractivity contribution in [3.8, 4) is 0 Å². The van der Waals surface area contributed by atoms with Crippen LogP contribution in [0, 0.1) is 5.92 Å². The van der Waals surface area contributed by atoms with Gasteiger partial charge >= 0.3 is 0 Å². The number of hydrogen-bond acceptors (Lipinski definition) is 2. The van der Waals surface area contributed by atoms with E-state index < -0.39 is 0 Å². The minimum Gasteiger partial charge on any atom is -0.316 e. The van der Waals surface area contributed by atoms with Gasteiger partial charge in [0, 0.05) is 12.1 Å². The monoisotopic (exact) mass is 282 g/mol. The summed E-state index contributed by atoms with van der Waals surface area (Å²) in [5.74, 6) is 0.874. The largest absolute Gasteiger partial charge is 0.316 e. The van der Waals surface area contributed by atoms with Gasteiger partial charge in [-0.1, -0.05) is 45.4 Å². The average Bonchev–Trinajstić information content (AvgIpc) is 2.85. The van der Waals surface area contributed by atoms with E-state index in [0.29, 0.717) is 5.54 Å². The molecule has 0 bridgehead atoms. The van der Waals surface area contributed by atoms with Gasteiger partial charge in [-0.05, 0) is 59.2 Å². The van der Waals surface area contributed by atoms with Gasteiger partial charge in [-0.3, -0.25) is 4.90 Å². The van der Waals surface area contributed by atoms with Gasteiger partial charge in [-0.2, -0.15) is 0 Å². The number of likely N-dealkylation sites (tertiary alicyclic amines) is 1. The number of nitrogens with one attached hydrogen (secondary N) is 1. The first kappa shape index (κ1) is 18.0. The molecule has 1 fully saturated rings. The molecule has 0 amide bonds. The molecular formula is C18H38N2. The minimum absolute atomic E-state index is 0.354. The maximum atomic E-state index is 3.67. The van der Waals surface area contributed by atoms with Crippen molar-refractivity contribution >= 4 is 0 Å². The Morgan fingerprint density at radius 1 is 1.00 bits per heavy atom. The standard InChI is InChI=1S/C18H38N2/c1-5-6-7-8-9-10-11-13-19-15-17-12-14-20(16-17)18(2,3)4/h17,19H,5-16H2,1-4H3. The Balaban J connectivity index is 1.90. The molecule has 120 valence electrons. The number of unbranched alkanes of at least 4 members (excludes halogenated alkanes) is 6. The maximum absolute atomic E-state index is 3.67. The first-order chi connectivity index (χ1) is 9.54. The molecule has 1 aliphatic heterocycles. The van der Waals surface area contributed by atoms with Crippen molar-refractivity contribution < 1.29 is 0 Å². The van der Waals surface area contributed by atoms with Crippen LogP contribution in [0.1, 0.15) is 79.1 Å². The number of nitrogens with zero attached hydrogens (tertiary/aromatic N) is 1. The quantitative estimate of drug-likeness (QED) is 0.596.